The number of carbonyl (C=O) groups excluding carboxylic acids is 2. The lowest BCUT2D eigenvalue weighted by atomic mass is 9.39. The van der Waals surface area contributed by atoms with Crippen molar-refractivity contribution in [2.24, 2.45) is 5.41 Å². The third-order valence-corrected chi connectivity index (χ3v) is 6.09. The second kappa shape index (κ2) is 7.50. The largest absolute Gasteiger partial charge is 0.484 e. The van der Waals surface area contributed by atoms with E-state index in [2.05, 4.69) is 21.1 Å². The second-order valence-electron chi connectivity index (χ2n) is 8.01. The van der Waals surface area contributed by atoms with Gasteiger partial charge in [0.15, 0.2) is 6.61 Å². The van der Waals surface area contributed by atoms with E-state index < -0.39 is 5.82 Å². The molecule has 28 heavy (non-hydrogen) atoms. The van der Waals surface area contributed by atoms with E-state index >= 15 is 0 Å². The fourth-order valence-corrected chi connectivity index (χ4v) is 4.60. The van der Waals surface area contributed by atoms with E-state index in [9.17, 15) is 14.0 Å². The molecule has 7 nitrogen and oxygen atoms in total. The molecule has 4 aliphatic rings. The van der Waals surface area contributed by atoms with Crippen LogP contribution in [0.1, 0.15) is 25.7 Å². The molecule has 1 aliphatic heterocycles. The molecule has 3 aliphatic carbocycles. The number of hydrazine groups is 1. The van der Waals surface area contributed by atoms with Crippen LogP contribution in [-0.4, -0.2) is 55.1 Å². The van der Waals surface area contributed by atoms with Crippen molar-refractivity contribution < 1.29 is 18.7 Å². The SMILES string of the molecule is O=C(COc1ccc(Cl)c(F)c1)NC12CC(C(=O)NCCN3CCCN3)(C1)C2. The van der Waals surface area contributed by atoms with Gasteiger partial charge in [0, 0.05) is 37.8 Å². The van der Waals surface area contributed by atoms with Crippen LogP contribution in [0.2, 0.25) is 5.02 Å². The zero-order valence-electron chi connectivity index (χ0n) is 15.5. The summed E-state index contributed by atoms with van der Waals surface area (Å²) in [7, 11) is 0. The Morgan fingerprint density at radius 3 is 2.79 bits per heavy atom. The highest BCUT2D eigenvalue weighted by Gasteiger charge is 2.72. The van der Waals surface area contributed by atoms with Gasteiger partial charge in [-0.15, -0.1) is 0 Å². The van der Waals surface area contributed by atoms with Crippen molar-refractivity contribution in [1.29, 1.82) is 0 Å². The number of nitrogens with one attached hydrogen (secondary N) is 3. The van der Waals surface area contributed by atoms with Crippen LogP contribution in [0.5, 0.6) is 5.75 Å². The molecule has 9 heteroatoms. The molecule has 2 bridgehead atoms. The lowest BCUT2D eigenvalue weighted by molar-refractivity contribution is -0.184. The van der Waals surface area contributed by atoms with Gasteiger partial charge < -0.3 is 15.4 Å². The van der Waals surface area contributed by atoms with Crippen LogP contribution in [0.25, 0.3) is 0 Å². The number of nitrogens with zero attached hydrogens (tertiary/aromatic N) is 1. The zero-order valence-corrected chi connectivity index (χ0v) is 16.3. The van der Waals surface area contributed by atoms with Crippen LogP contribution in [0, 0.1) is 11.2 Å². The highest BCUT2D eigenvalue weighted by Crippen LogP contribution is 2.67. The predicted molar refractivity (Wildman–Crippen MR) is 101 cm³/mol. The fourth-order valence-electron chi connectivity index (χ4n) is 4.48. The van der Waals surface area contributed by atoms with Crippen molar-refractivity contribution >= 4 is 23.4 Å². The van der Waals surface area contributed by atoms with Crippen LogP contribution in [0.4, 0.5) is 4.39 Å². The van der Waals surface area contributed by atoms with Gasteiger partial charge in [-0.05, 0) is 37.8 Å². The number of hydrogen-bond acceptors (Lipinski definition) is 5. The number of benzene rings is 1. The average Bonchev–Trinajstić information content (AvgIpc) is 3.11. The molecule has 5 rings (SSSR count). The van der Waals surface area contributed by atoms with Crippen LogP contribution in [0.3, 0.4) is 0 Å². The summed E-state index contributed by atoms with van der Waals surface area (Å²) in [5.74, 6) is -0.537. The first-order valence-electron chi connectivity index (χ1n) is 9.56. The van der Waals surface area contributed by atoms with Gasteiger partial charge in [0.2, 0.25) is 5.91 Å². The highest BCUT2D eigenvalue weighted by atomic mass is 35.5. The molecule has 0 aromatic heterocycles. The van der Waals surface area contributed by atoms with E-state index in [1.807, 2.05) is 0 Å². The van der Waals surface area contributed by atoms with Crippen LogP contribution in [0.15, 0.2) is 18.2 Å². The molecule has 0 spiro atoms. The van der Waals surface area contributed by atoms with E-state index in [1.54, 1.807) is 0 Å². The second-order valence-corrected chi connectivity index (χ2v) is 8.42. The monoisotopic (exact) mass is 410 g/mol. The smallest absolute Gasteiger partial charge is 0.258 e. The van der Waals surface area contributed by atoms with Crippen LogP contribution < -0.4 is 20.8 Å². The van der Waals surface area contributed by atoms with E-state index in [1.165, 1.54) is 12.1 Å². The molecule has 0 atom stereocenters. The molecule has 1 saturated heterocycles. The summed E-state index contributed by atoms with van der Waals surface area (Å²) >= 11 is 5.62. The van der Waals surface area contributed by atoms with Gasteiger partial charge in [-0.3, -0.25) is 15.0 Å². The van der Waals surface area contributed by atoms with Crippen molar-refractivity contribution in [3.63, 3.8) is 0 Å². The average molecular weight is 411 g/mol. The standard InChI is InChI=1S/C19H24ClFN4O3/c20-14-3-2-13(8-15(14)21)28-9-16(26)24-19-10-18(11-19,12-19)17(27)22-5-7-25-6-1-4-23-25/h2-3,8,23H,1,4-7,9-12H2,(H,22,27)(H,24,26). The van der Waals surface area contributed by atoms with Crippen LogP contribution >= 0.6 is 11.6 Å². The summed E-state index contributed by atoms with van der Waals surface area (Å²) in [4.78, 5) is 24.5. The first-order valence-corrected chi connectivity index (χ1v) is 9.93. The molecule has 152 valence electrons. The normalized spacial score (nSPS) is 28.2. The molecule has 1 heterocycles. The van der Waals surface area contributed by atoms with E-state index in [4.69, 9.17) is 16.3 Å². The van der Waals surface area contributed by atoms with Gasteiger partial charge in [-0.25, -0.2) is 9.40 Å². The van der Waals surface area contributed by atoms with Gasteiger partial charge in [0.25, 0.3) is 5.91 Å². The van der Waals surface area contributed by atoms with Gasteiger partial charge in [-0.2, -0.15) is 0 Å². The third-order valence-electron chi connectivity index (χ3n) is 5.79. The summed E-state index contributed by atoms with van der Waals surface area (Å²) in [5.41, 5.74) is 2.64. The third kappa shape index (κ3) is 3.81. The minimum atomic E-state index is -0.590. The van der Waals surface area contributed by atoms with Crippen molar-refractivity contribution in [2.75, 3.05) is 32.8 Å². The van der Waals surface area contributed by atoms with E-state index in [-0.39, 0.29) is 40.1 Å². The number of amides is 2. The summed E-state index contributed by atoms with van der Waals surface area (Å²) in [6.45, 7) is 3.23. The number of hydrogen-bond donors (Lipinski definition) is 3. The molecule has 0 unspecified atom stereocenters. The van der Waals surface area contributed by atoms with Gasteiger partial charge in [-0.1, -0.05) is 11.6 Å². The Balaban J connectivity index is 1.16. The Labute approximate surface area is 167 Å². The van der Waals surface area contributed by atoms with E-state index in [0.29, 0.717) is 25.8 Å². The van der Waals surface area contributed by atoms with Crippen molar-refractivity contribution in [3.05, 3.63) is 29.0 Å². The summed E-state index contributed by atoms with van der Waals surface area (Å²) in [6, 6.07) is 4.04. The lowest BCUT2D eigenvalue weighted by Gasteiger charge is -2.69. The summed E-state index contributed by atoms with van der Waals surface area (Å²) in [5, 5.41) is 8.09. The maximum absolute atomic E-state index is 13.4. The van der Waals surface area contributed by atoms with Crippen molar-refractivity contribution in [1.82, 2.24) is 21.1 Å². The first kappa shape index (κ1) is 19.4. The molecule has 2 amide bonds. The Morgan fingerprint density at radius 1 is 1.32 bits per heavy atom. The molecule has 3 N–H and O–H groups in total. The van der Waals surface area contributed by atoms with Gasteiger partial charge in [0.1, 0.15) is 11.6 Å². The van der Waals surface area contributed by atoms with E-state index in [0.717, 1.165) is 32.1 Å². The molecule has 4 fully saturated rings. The maximum Gasteiger partial charge on any atom is 0.258 e. The van der Waals surface area contributed by atoms with Crippen molar-refractivity contribution in [3.8, 4) is 5.75 Å². The minimum Gasteiger partial charge on any atom is -0.484 e. The number of carbonyl (C=O) groups is 2. The van der Waals surface area contributed by atoms with Crippen molar-refractivity contribution in [2.45, 2.75) is 31.2 Å². The summed E-state index contributed by atoms with van der Waals surface area (Å²) < 4.78 is 18.7. The fraction of sp³-hybridized carbons (Fsp3) is 0.579. The molecule has 1 aromatic carbocycles. The molecule has 1 aromatic rings. The summed E-state index contributed by atoms with van der Waals surface area (Å²) in [6.07, 6.45) is 3.12. The Kier molecular flexibility index (Phi) is 5.20. The molecule has 3 saturated carbocycles. The number of rotatable bonds is 8. The van der Waals surface area contributed by atoms with Crippen LogP contribution in [-0.2, 0) is 9.59 Å². The predicted octanol–water partition coefficient (Wildman–Crippen LogP) is 1.22. The van der Waals surface area contributed by atoms with Gasteiger partial charge in [0.05, 0.1) is 10.4 Å². The molecule has 0 radical (unpaired) electrons. The quantitative estimate of drug-likeness (QED) is 0.600. The first-order chi connectivity index (χ1) is 13.4. The maximum atomic E-state index is 13.4. The Bertz CT molecular complexity index is 765. The van der Waals surface area contributed by atoms with Gasteiger partial charge >= 0.3 is 0 Å². The molecular weight excluding hydrogens is 387 g/mol. The Hall–Kier alpha value is -1.90. The lowest BCUT2D eigenvalue weighted by Crippen LogP contribution is -2.78. The topological polar surface area (TPSA) is 82.7 Å². The number of ether oxygens (including phenoxy) is 1. The minimum absolute atomic E-state index is 0.00550. The number of halogens is 2. The Morgan fingerprint density at radius 2 is 2.11 bits per heavy atom. The zero-order chi connectivity index (χ0) is 19.8. The molecular formula is C19H24ClFN4O3. The highest BCUT2D eigenvalue weighted by molar-refractivity contribution is 6.30.